The minimum absolute atomic E-state index is 0.0803. The molecule has 1 atom stereocenters. The molecule has 1 N–H and O–H groups in total. The van der Waals surface area contributed by atoms with E-state index in [1.807, 2.05) is 50.2 Å². The third kappa shape index (κ3) is 3.75. The minimum Gasteiger partial charge on any atom is -0.494 e. The molecule has 5 nitrogen and oxygen atoms in total. The summed E-state index contributed by atoms with van der Waals surface area (Å²) in [6.07, 6.45) is 0.693. The van der Waals surface area contributed by atoms with Crippen molar-refractivity contribution < 1.29 is 14.3 Å². The zero-order valence-corrected chi connectivity index (χ0v) is 17.6. The van der Waals surface area contributed by atoms with Crippen LogP contribution in [-0.2, 0) is 9.59 Å². The maximum atomic E-state index is 13.1. The Morgan fingerprint density at radius 2 is 1.77 bits per heavy atom. The number of rotatable bonds is 6. The quantitative estimate of drug-likeness (QED) is 0.620. The SMILES string of the molecule is CC(=O)N[C@@H]1C(=O)N(CCCOc2ccc3ccccc3c2)c2c(C)ccc(C)c21. The predicted molar refractivity (Wildman–Crippen MR) is 119 cm³/mol. The fraction of sp³-hybridized carbons (Fsp3) is 0.280. The molecular weight excluding hydrogens is 376 g/mol. The van der Waals surface area contributed by atoms with E-state index >= 15 is 0 Å². The van der Waals surface area contributed by atoms with Crippen molar-refractivity contribution in [3.63, 3.8) is 0 Å². The number of nitrogens with zero attached hydrogens (tertiary/aromatic N) is 1. The van der Waals surface area contributed by atoms with Gasteiger partial charge in [-0.2, -0.15) is 0 Å². The Morgan fingerprint density at radius 3 is 2.53 bits per heavy atom. The Balaban J connectivity index is 1.46. The molecule has 0 saturated carbocycles. The summed E-state index contributed by atoms with van der Waals surface area (Å²) in [7, 11) is 0. The number of nitrogens with one attached hydrogen (secondary N) is 1. The first kappa shape index (κ1) is 20.0. The molecule has 0 spiro atoms. The minimum atomic E-state index is -0.612. The Bertz CT molecular complexity index is 1120. The number of hydrogen-bond acceptors (Lipinski definition) is 3. The number of ether oxygens (including phenoxy) is 1. The van der Waals surface area contributed by atoms with Gasteiger partial charge in [-0.25, -0.2) is 0 Å². The number of fused-ring (bicyclic) bond motifs is 2. The van der Waals surface area contributed by atoms with Crippen molar-refractivity contribution in [1.29, 1.82) is 0 Å². The van der Waals surface area contributed by atoms with E-state index in [1.54, 1.807) is 4.90 Å². The van der Waals surface area contributed by atoms with E-state index in [1.165, 1.54) is 12.3 Å². The molecule has 2 amide bonds. The Morgan fingerprint density at radius 1 is 1.03 bits per heavy atom. The monoisotopic (exact) mass is 402 g/mol. The zero-order valence-electron chi connectivity index (χ0n) is 17.6. The number of carbonyl (C=O) groups is 2. The largest absolute Gasteiger partial charge is 0.494 e. The third-order valence-corrected chi connectivity index (χ3v) is 5.57. The van der Waals surface area contributed by atoms with Crippen LogP contribution in [0.4, 0.5) is 5.69 Å². The lowest BCUT2D eigenvalue weighted by atomic mass is 9.99. The molecular formula is C25H26N2O3. The summed E-state index contributed by atoms with van der Waals surface area (Å²) in [5.74, 6) is 0.537. The summed E-state index contributed by atoms with van der Waals surface area (Å²) in [4.78, 5) is 26.5. The molecule has 1 aliphatic heterocycles. The number of aryl methyl sites for hydroxylation is 2. The molecule has 30 heavy (non-hydrogen) atoms. The van der Waals surface area contributed by atoms with Crippen LogP contribution in [0.2, 0.25) is 0 Å². The van der Waals surface area contributed by atoms with Crippen LogP contribution in [0.25, 0.3) is 10.8 Å². The first-order chi connectivity index (χ1) is 14.5. The molecule has 0 aliphatic carbocycles. The van der Waals surface area contributed by atoms with Crippen LogP contribution >= 0.6 is 0 Å². The number of anilines is 1. The van der Waals surface area contributed by atoms with Crippen molar-refractivity contribution >= 4 is 28.3 Å². The van der Waals surface area contributed by atoms with Crippen LogP contribution in [0.3, 0.4) is 0 Å². The lowest BCUT2D eigenvalue weighted by Gasteiger charge is -2.20. The van der Waals surface area contributed by atoms with Crippen LogP contribution in [0.15, 0.2) is 54.6 Å². The third-order valence-electron chi connectivity index (χ3n) is 5.57. The van der Waals surface area contributed by atoms with Crippen molar-refractivity contribution in [3.8, 4) is 5.75 Å². The molecule has 4 rings (SSSR count). The van der Waals surface area contributed by atoms with Gasteiger partial charge in [0.1, 0.15) is 11.8 Å². The highest BCUT2D eigenvalue weighted by molar-refractivity contribution is 6.07. The van der Waals surface area contributed by atoms with E-state index in [2.05, 4.69) is 23.5 Å². The number of carbonyl (C=O) groups excluding carboxylic acids is 2. The van der Waals surface area contributed by atoms with Gasteiger partial charge in [0.05, 0.1) is 12.3 Å². The highest BCUT2D eigenvalue weighted by Gasteiger charge is 2.39. The van der Waals surface area contributed by atoms with Crippen LogP contribution in [0.1, 0.15) is 36.1 Å². The van der Waals surface area contributed by atoms with Gasteiger partial charge in [-0.15, -0.1) is 0 Å². The average molecular weight is 402 g/mol. The summed E-state index contributed by atoms with van der Waals surface area (Å²) in [6, 6.07) is 17.6. The normalized spacial score (nSPS) is 15.4. The molecule has 5 heteroatoms. The maximum Gasteiger partial charge on any atom is 0.254 e. The lowest BCUT2D eigenvalue weighted by Crippen LogP contribution is -2.37. The molecule has 0 radical (unpaired) electrons. The van der Waals surface area contributed by atoms with Crippen LogP contribution in [0.5, 0.6) is 5.75 Å². The van der Waals surface area contributed by atoms with Crippen molar-refractivity contribution in [2.24, 2.45) is 0 Å². The summed E-state index contributed by atoms with van der Waals surface area (Å²) in [5.41, 5.74) is 3.87. The van der Waals surface area contributed by atoms with E-state index < -0.39 is 6.04 Å². The van der Waals surface area contributed by atoms with E-state index in [-0.39, 0.29) is 11.8 Å². The van der Waals surface area contributed by atoms with Crippen molar-refractivity contribution in [1.82, 2.24) is 5.32 Å². The van der Waals surface area contributed by atoms with E-state index in [0.29, 0.717) is 19.6 Å². The Labute approximate surface area is 176 Å². The average Bonchev–Trinajstić information content (AvgIpc) is 3.00. The summed E-state index contributed by atoms with van der Waals surface area (Å²) in [5, 5.41) is 5.14. The van der Waals surface area contributed by atoms with Gasteiger partial charge in [0.2, 0.25) is 5.91 Å². The van der Waals surface area contributed by atoms with Gasteiger partial charge >= 0.3 is 0 Å². The molecule has 0 fully saturated rings. The van der Waals surface area contributed by atoms with Gasteiger partial charge in [-0.1, -0.05) is 42.5 Å². The first-order valence-electron chi connectivity index (χ1n) is 10.3. The highest BCUT2D eigenvalue weighted by atomic mass is 16.5. The molecule has 3 aromatic carbocycles. The summed E-state index contributed by atoms with van der Waals surface area (Å²) < 4.78 is 5.93. The van der Waals surface area contributed by atoms with Gasteiger partial charge in [0.25, 0.3) is 5.91 Å². The highest BCUT2D eigenvalue weighted by Crippen LogP contribution is 2.40. The number of benzene rings is 3. The van der Waals surface area contributed by atoms with Gasteiger partial charge in [0.15, 0.2) is 0 Å². The molecule has 1 aliphatic rings. The second kappa shape index (κ2) is 8.19. The topological polar surface area (TPSA) is 58.6 Å². The molecule has 0 aromatic heterocycles. The maximum absolute atomic E-state index is 13.1. The van der Waals surface area contributed by atoms with Crippen LogP contribution in [0, 0.1) is 13.8 Å². The Kier molecular flexibility index (Phi) is 5.44. The second-order valence-electron chi connectivity index (χ2n) is 7.80. The van der Waals surface area contributed by atoms with E-state index in [9.17, 15) is 9.59 Å². The molecule has 154 valence electrons. The van der Waals surface area contributed by atoms with Crippen LogP contribution < -0.4 is 15.0 Å². The standard InChI is InChI=1S/C25H26N2O3/c1-16-9-10-17(2)24-22(16)23(26-18(3)28)25(29)27(24)13-6-14-30-21-12-11-19-7-4-5-8-20(19)15-21/h4-5,7-12,15,23H,6,13-14H2,1-3H3,(H,26,28)/t23-/m0/s1. The first-order valence-corrected chi connectivity index (χ1v) is 10.3. The predicted octanol–water partition coefficient (Wildman–Crippen LogP) is 4.45. The van der Waals surface area contributed by atoms with Gasteiger partial charge in [0, 0.05) is 19.0 Å². The van der Waals surface area contributed by atoms with E-state index in [0.717, 1.165) is 33.5 Å². The van der Waals surface area contributed by atoms with Gasteiger partial charge in [-0.3, -0.25) is 9.59 Å². The number of hydrogen-bond donors (Lipinski definition) is 1. The smallest absolute Gasteiger partial charge is 0.254 e. The fourth-order valence-electron chi connectivity index (χ4n) is 4.16. The lowest BCUT2D eigenvalue weighted by molar-refractivity contribution is -0.126. The Hall–Kier alpha value is -3.34. The van der Waals surface area contributed by atoms with Crippen LogP contribution in [-0.4, -0.2) is 25.0 Å². The molecule has 3 aromatic rings. The molecule has 0 bridgehead atoms. The fourth-order valence-corrected chi connectivity index (χ4v) is 4.16. The van der Waals surface area contributed by atoms with Crippen molar-refractivity contribution in [2.75, 3.05) is 18.1 Å². The van der Waals surface area contributed by atoms with Gasteiger partial charge in [-0.05, 0) is 54.3 Å². The summed E-state index contributed by atoms with van der Waals surface area (Å²) in [6.45, 7) is 6.47. The molecule has 1 heterocycles. The molecule has 0 saturated heterocycles. The summed E-state index contributed by atoms with van der Waals surface area (Å²) >= 11 is 0. The van der Waals surface area contributed by atoms with Crippen molar-refractivity contribution in [2.45, 2.75) is 33.2 Å². The second-order valence-corrected chi connectivity index (χ2v) is 7.80. The van der Waals surface area contributed by atoms with Crippen molar-refractivity contribution in [3.05, 3.63) is 71.3 Å². The van der Waals surface area contributed by atoms with E-state index in [4.69, 9.17) is 4.74 Å². The zero-order chi connectivity index (χ0) is 21.3. The number of amides is 2. The molecule has 0 unspecified atom stereocenters. The van der Waals surface area contributed by atoms with Gasteiger partial charge < -0.3 is 15.0 Å².